The zero-order valence-electron chi connectivity index (χ0n) is 84.9. The highest BCUT2D eigenvalue weighted by Gasteiger charge is 2.44. The van der Waals surface area contributed by atoms with Gasteiger partial charge in [-0.05, 0) is 298 Å². The van der Waals surface area contributed by atoms with Crippen LogP contribution in [0.4, 0.5) is 0 Å². The Balaban J connectivity index is 1.02. The number of methoxy groups -OCH3 is 4. The quantitative estimate of drug-likeness (QED) is 0.0231. The molecular formula is C119H138N8O8Si2. The molecule has 710 valence electrons. The summed E-state index contributed by atoms with van der Waals surface area (Å²) in [6.45, 7) is 47.1. The van der Waals surface area contributed by atoms with Crippen LogP contribution in [0.15, 0.2) is 158 Å². The van der Waals surface area contributed by atoms with Crippen molar-refractivity contribution in [3.63, 3.8) is 0 Å². The summed E-state index contributed by atoms with van der Waals surface area (Å²) in [6.07, 6.45) is 23.1. The summed E-state index contributed by atoms with van der Waals surface area (Å²) in [5, 5.41) is 0. The smallest absolute Gasteiger partial charge is 0.146 e. The topological polar surface area (TPSA) is 189 Å². The van der Waals surface area contributed by atoms with Gasteiger partial charge in [-0.1, -0.05) is 156 Å². The number of nitrogens with zero attached hydrogens (tertiary/aromatic N) is 4. The summed E-state index contributed by atoms with van der Waals surface area (Å²) in [4.78, 5) is 40.2. The highest BCUT2D eigenvalue weighted by atomic mass is 28.3. The fourth-order valence-electron chi connectivity index (χ4n) is 20.6. The predicted molar refractivity (Wildman–Crippen MR) is 577 cm³/mol. The highest BCUT2D eigenvalue weighted by Crippen LogP contribution is 2.49. The monoisotopic (exact) mass is 1860 g/mol. The number of aryl methyl sites for hydroxylation is 2. The average Bonchev–Trinajstić information content (AvgIpc) is 1.59. The summed E-state index contributed by atoms with van der Waals surface area (Å²) in [6, 6.07) is 56.4. The van der Waals surface area contributed by atoms with Gasteiger partial charge in [-0.2, -0.15) is 0 Å². The first-order chi connectivity index (χ1) is 65.5. The molecule has 16 rings (SSSR count). The summed E-state index contributed by atoms with van der Waals surface area (Å²) < 4.78 is 49.4. The predicted octanol–water partition coefficient (Wildman–Crippen LogP) is 30.0. The molecule has 0 amide bonds. The van der Waals surface area contributed by atoms with E-state index in [-0.39, 0.29) is 22.4 Å². The molecule has 0 atom stereocenters. The summed E-state index contributed by atoms with van der Waals surface area (Å²) in [5.41, 5.74) is 37.5. The van der Waals surface area contributed by atoms with E-state index in [0.29, 0.717) is 85.4 Å². The van der Waals surface area contributed by atoms with Crippen LogP contribution in [0.1, 0.15) is 238 Å². The van der Waals surface area contributed by atoms with Crippen LogP contribution in [0, 0.1) is 22.9 Å². The Bertz CT molecular complexity index is 6380. The van der Waals surface area contributed by atoms with Crippen molar-refractivity contribution in [3.8, 4) is 113 Å². The lowest BCUT2D eigenvalue weighted by atomic mass is 9.89. The van der Waals surface area contributed by atoms with Crippen molar-refractivity contribution in [1.82, 2.24) is 39.9 Å². The lowest BCUT2D eigenvalue weighted by molar-refractivity contribution is 0.00511. The van der Waals surface area contributed by atoms with Crippen LogP contribution in [0.5, 0.6) is 23.0 Å². The Kier molecular flexibility index (Phi) is 29.0. The van der Waals surface area contributed by atoms with E-state index in [1.165, 1.54) is 11.1 Å². The fraction of sp³-hybridized carbons (Fsp3) is 0.378. The molecule has 16 bridgehead atoms. The van der Waals surface area contributed by atoms with Gasteiger partial charge in [0.1, 0.15) is 39.1 Å². The average molecular weight is 1860 g/mol. The molecule has 1 aliphatic carbocycles. The molecule has 10 heterocycles. The van der Waals surface area contributed by atoms with Gasteiger partial charge in [0.15, 0.2) is 0 Å². The maximum atomic E-state index is 6.51. The van der Waals surface area contributed by atoms with Crippen LogP contribution in [0.25, 0.3) is 160 Å². The number of hydrogen-bond acceptors (Lipinski definition) is 12. The summed E-state index contributed by atoms with van der Waals surface area (Å²) in [7, 11) is 2.34. The van der Waals surface area contributed by atoms with Crippen molar-refractivity contribution in [2.45, 2.75) is 239 Å². The van der Waals surface area contributed by atoms with E-state index in [1.807, 2.05) is 0 Å². The van der Waals surface area contributed by atoms with Crippen molar-refractivity contribution >= 4 is 109 Å². The molecule has 0 spiro atoms. The van der Waals surface area contributed by atoms with Crippen LogP contribution in [0.3, 0.4) is 0 Å². The van der Waals surface area contributed by atoms with Crippen LogP contribution >= 0.6 is 0 Å². The normalized spacial score (nSPS) is 13.4. The van der Waals surface area contributed by atoms with Gasteiger partial charge in [-0.3, -0.25) is 0 Å². The number of fused-ring (bicyclic) bond motifs is 17. The van der Waals surface area contributed by atoms with Gasteiger partial charge in [0, 0.05) is 121 Å². The molecule has 137 heavy (non-hydrogen) atoms. The Labute approximate surface area is 813 Å². The van der Waals surface area contributed by atoms with Crippen molar-refractivity contribution in [2.24, 2.45) is 0 Å². The second-order valence-electron chi connectivity index (χ2n) is 41.7. The molecule has 0 fully saturated rings. The minimum absolute atomic E-state index is 0.353. The molecule has 18 heteroatoms. The van der Waals surface area contributed by atoms with Crippen molar-refractivity contribution in [2.75, 3.05) is 54.9 Å². The standard InChI is InChI=1S/C119H138N8O8Si2/c1-74(2)136(75(3)4,76(5)6)70-60-90-94-44-48-98(120-94)110(80-28-36-86(37-29-80)132-66-62-116(13,14)128-21)102-52-56-106(124-102)114(107-57-53-103(125-107)111(99-49-45-95(90)121-99)81-30-38-87(39-31-81)133-67-63-117(15,16)129-22)92-72-84-26-25-27-85(84)73-93(92)115-108-58-54-104(126-108)112(82-32-40-88(41-33-82)134-68-64-118(17,18)130-23)100-50-46-96(122-100)91(61-71-137(77(7)8,78(9)10)79(11)12)97-47-51-101(123-97)113(105-55-59-109(115)127-105)83-34-42-89(43-35-83)135-69-65-119(19,20)131-24/h28-59,72-79,120,122,125,127H,25-27,62-69H2,1-24H3. The number of rotatable bonds is 32. The number of benzene rings is 5. The Morgan fingerprint density at radius 3 is 0.737 bits per heavy atom. The first-order valence-electron chi connectivity index (χ1n) is 49.2. The van der Waals surface area contributed by atoms with Gasteiger partial charge in [0.25, 0.3) is 0 Å². The van der Waals surface area contributed by atoms with Crippen LogP contribution in [-0.2, 0) is 31.8 Å². The Morgan fingerprint density at radius 1 is 0.285 bits per heavy atom. The van der Waals surface area contributed by atoms with E-state index in [1.54, 1.807) is 28.4 Å². The van der Waals surface area contributed by atoms with Crippen LogP contribution in [0.2, 0.25) is 33.2 Å². The molecule has 0 saturated carbocycles. The lowest BCUT2D eigenvalue weighted by Gasteiger charge is -2.38. The third-order valence-corrected chi connectivity index (χ3v) is 42.1. The van der Waals surface area contributed by atoms with Gasteiger partial charge in [-0.25, -0.2) is 19.9 Å². The number of ether oxygens (including phenoxy) is 8. The number of aromatic amines is 4. The van der Waals surface area contributed by atoms with Gasteiger partial charge in [-0.15, -0.1) is 11.1 Å². The molecule has 4 N–H and O–H groups in total. The third-order valence-electron chi connectivity index (χ3n) is 29.5. The van der Waals surface area contributed by atoms with E-state index >= 15 is 0 Å². The maximum Gasteiger partial charge on any atom is 0.146 e. The largest absolute Gasteiger partial charge is 0.493 e. The second kappa shape index (κ2) is 40.5. The zero-order valence-corrected chi connectivity index (χ0v) is 86.9. The van der Waals surface area contributed by atoms with Crippen molar-refractivity contribution < 1.29 is 37.9 Å². The van der Waals surface area contributed by atoms with Gasteiger partial charge in [0.2, 0.25) is 0 Å². The van der Waals surface area contributed by atoms with Crippen molar-refractivity contribution in [3.05, 3.63) is 226 Å². The number of nitrogens with one attached hydrogen (secondary N) is 4. The molecule has 0 radical (unpaired) electrons. The van der Waals surface area contributed by atoms with Crippen LogP contribution < -0.4 is 18.9 Å². The molecule has 0 unspecified atom stereocenters. The van der Waals surface area contributed by atoms with Gasteiger partial charge < -0.3 is 57.8 Å². The number of hydrogen-bond donors (Lipinski definition) is 4. The molecule has 5 aromatic carbocycles. The Hall–Kier alpha value is -12.1. The van der Waals surface area contributed by atoms with E-state index in [4.69, 9.17) is 57.8 Å². The first kappa shape index (κ1) is 98.0. The number of H-pyrrole nitrogens is 4. The highest BCUT2D eigenvalue weighted by molar-refractivity contribution is 6.91. The SMILES string of the molecule is COC(C)(C)CCOc1ccc(-c2c3nc(c(-c4cc5c(cc4-c4c6nc(c(-c7ccc(OCCC(C)(C)OC)cc7)c7ccc([nH]7)c(C#C[Si](C(C)C)(C(C)C)C(C)C)c7nc(c(-c8ccc(OCCC(C)(C)OC)cc8)c8ccc4[nH]8)C=C7)C=C6)CCC5)c4ccc([nH]4)c(-c4ccc(OCCC(C)(C)OC)cc4)c4nc(c(C#C[Si](C(C)C)(C(C)C)C(C)C)c5ccc2[nH]5)C=C4)C=C3)cc1. The molecule has 5 aliphatic rings. The van der Waals surface area contributed by atoms with Gasteiger partial charge >= 0.3 is 0 Å². The molecular weight excluding hydrogens is 1730 g/mol. The van der Waals surface area contributed by atoms with Crippen molar-refractivity contribution in [1.29, 1.82) is 0 Å². The third kappa shape index (κ3) is 20.7. The van der Waals surface area contributed by atoms with Crippen LogP contribution in [-0.4, -0.2) is 133 Å². The number of aromatic nitrogens is 8. The molecule has 0 saturated heterocycles. The minimum Gasteiger partial charge on any atom is -0.493 e. The van der Waals surface area contributed by atoms with Gasteiger partial charge in [0.05, 0.1) is 117 Å². The minimum atomic E-state index is -2.33. The first-order valence-corrected chi connectivity index (χ1v) is 53.7. The van der Waals surface area contributed by atoms with E-state index in [2.05, 4.69) is 388 Å². The Morgan fingerprint density at radius 2 is 0.496 bits per heavy atom. The molecule has 16 nitrogen and oxygen atoms in total. The zero-order chi connectivity index (χ0) is 97.2. The van der Waals surface area contributed by atoms with E-state index in [0.717, 1.165) is 210 Å². The lowest BCUT2D eigenvalue weighted by Crippen LogP contribution is -2.43. The molecule has 4 aliphatic heterocycles. The second-order valence-corrected chi connectivity index (χ2v) is 52.8. The maximum absolute atomic E-state index is 6.51. The molecule has 6 aromatic heterocycles. The van der Waals surface area contributed by atoms with E-state index < -0.39 is 16.1 Å². The molecule has 11 aromatic rings. The summed E-state index contributed by atoms with van der Waals surface area (Å²) in [5.74, 6) is 11.0. The summed E-state index contributed by atoms with van der Waals surface area (Å²) >= 11 is 0. The fourth-order valence-corrected chi connectivity index (χ4v) is 31.1. The van der Waals surface area contributed by atoms with E-state index in [9.17, 15) is 0 Å².